The van der Waals surface area contributed by atoms with E-state index in [2.05, 4.69) is 10.1 Å². The maximum absolute atomic E-state index is 14.2. The second kappa shape index (κ2) is 14.0. The van der Waals surface area contributed by atoms with Crippen LogP contribution in [0, 0.1) is 11.6 Å². The van der Waals surface area contributed by atoms with Gasteiger partial charge in [-0.1, -0.05) is 18.2 Å². The minimum absolute atomic E-state index is 0.0629. The molecule has 2 aliphatic rings. The fourth-order valence-corrected chi connectivity index (χ4v) is 7.93. The number of pyridine rings is 1. The summed E-state index contributed by atoms with van der Waals surface area (Å²) in [5.41, 5.74) is 2.93. The van der Waals surface area contributed by atoms with Crippen LogP contribution in [0.4, 0.5) is 17.6 Å². The molecular weight excluding hydrogens is 636 g/mol. The molecular formula is C34H34F4N4O4S. The molecule has 0 saturated carbocycles. The predicted octanol–water partition coefficient (Wildman–Crippen LogP) is 6.05. The Kier molecular flexibility index (Phi) is 9.85. The molecule has 0 amide bonds. The van der Waals surface area contributed by atoms with E-state index in [-0.39, 0.29) is 48.8 Å². The number of ketones is 1. The minimum Gasteiger partial charge on any atom is -0.379 e. The predicted molar refractivity (Wildman–Crippen MR) is 166 cm³/mol. The summed E-state index contributed by atoms with van der Waals surface area (Å²) in [5.74, 6) is -2.47. The number of benzene rings is 2. The smallest absolute Gasteiger partial charge is 0.282 e. The van der Waals surface area contributed by atoms with Crippen LogP contribution in [0.5, 0.6) is 0 Å². The Hall–Kier alpha value is -3.94. The van der Waals surface area contributed by atoms with E-state index in [1.807, 2.05) is 0 Å². The number of aromatic nitrogens is 3. The summed E-state index contributed by atoms with van der Waals surface area (Å²) in [6.45, 7) is 0.944. The van der Waals surface area contributed by atoms with Gasteiger partial charge in [0.15, 0.2) is 5.78 Å². The van der Waals surface area contributed by atoms with Crippen LogP contribution in [-0.2, 0) is 45.4 Å². The number of alkyl halides is 2. The number of carbonyl (C=O) groups is 1. The molecule has 1 fully saturated rings. The second-order valence-corrected chi connectivity index (χ2v) is 13.8. The quantitative estimate of drug-likeness (QED) is 0.181. The molecule has 13 heteroatoms. The molecule has 1 atom stereocenters. The molecule has 2 aromatic carbocycles. The molecule has 0 unspecified atom stereocenters. The van der Waals surface area contributed by atoms with Gasteiger partial charge in [-0.15, -0.1) is 0 Å². The largest absolute Gasteiger partial charge is 0.379 e. The molecule has 248 valence electrons. The van der Waals surface area contributed by atoms with Crippen molar-refractivity contribution >= 4 is 15.8 Å². The van der Waals surface area contributed by atoms with Crippen LogP contribution in [-0.4, -0.2) is 59.6 Å². The van der Waals surface area contributed by atoms with E-state index in [9.17, 15) is 30.8 Å². The van der Waals surface area contributed by atoms with Crippen molar-refractivity contribution in [2.45, 2.75) is 62.3 Å². The molecule has 47 heavy (non-hydrogen) atoms. The SMILES string of the molecule is O=C(C[C@@H](Cc1cc(F)cc(F)c1)c1ncccc1-c1ccc(S(=O)(=O)N2CCOCC2)cc1)Cn1nc(C(F)F)c2c1CCCC2. The van der Waals surface area contributed by atoms with Crippen LogP contribution >= 0.6 is 0 Å². The van der Waals surface area contributed by atoms with Crippen molar-refractivity contribution < 1.29 is 35.5 Å². The van der Waals surface area contributed by atoms with Crippen LogP contribution < -0.4 is 0 Å². The number of morpholine rings is 1. The molecule has 4 aromatic rings. The van der Waals surface area contributed by atoms with Gasteiger partial charge in [-0.3, -0.25) is 14.5 Å². The zero-order valence-electron chi connectivity index (χ0n) is 25.5. The lowest BCUT2D eigenvalue weighted by Gasteiger charge is -2.26. The van der Waals surface area contributed by atoms with Crippen molar-refractivity contribution in [3.63, 3.8) is 0 Å². The Morgan fingerprint density at radius 3 is 2.34 bits per heavy atom. The molecule has 0 spiro atoms. The van der Waals surface area contributed by atoms with Gasteiger partial charge in [0.2, 0.25) is 10.0 Å². The number of ether oxygens (including phenoxy) is 1. The molecule has 3 heterocycles. The van der Waals surface area contributed by atoms with Crippen LogP contribution in [0.15, 0.2) is 65.7 Å². The number of Topliss-reactive ketones (excluding diaryl/α,β-unsaturated/α-hetero) is 1. The molecule has 2 aromatic heterocycles. The summed E-state index contributed by atoms with van der Waals surface area (Å²) in [4.78, 5) is 18.4. The lowest BCUT2D eigenvalue weighted by Crippen LogP contribution is -2.40. The van der Waals surface area contributed by atoms with Gasteiger partial charge in [-0.25, -0.2) is 26.0 Å². The first-order valence-electron chi connectivity index (χ1n) is 15.6. The van der Waals surface area contributed by atoms with Gasteiger partial charge < -0.3 is 4.74 Å². The Morgan fingerprint density at radius 2 is 1.64 bits per heavy atom. The number of halogens is 4. The summed E-state index contributed by atoms with van der Waals surface area (Å²) in [6.07, 6.45) is 1.39. The summed E-state index contributed by atoms with van der Waals surface area (Å²) in [7, 11) is -3.73. The third kappa shape index (κ3) is 7.31. The Labute approximate surface area is 270 Å². The highest BCUT2D eigenvalue weighted by molar-refractivity contribution is 7.89. The third-order valence-corrected chi connectivity index (χ3v) is 10.6. The summed E-state index contributed by atoms with van der Waals surface area (Å²) < 4.78 is 90.4. The Bertz CT molecular complexity index is 1840. The first-order chi connectivity index (χ1) is 22.6. The first kappa shape index (κ1) is 33.0. The molecule has 6 rings (SSSR count). The maximum atomic E-state index is 14.2. The van der Waals surface area contributed by atoms with Crippen LogP contribution in [0.25, 0.3) is 11.1 Å². The zero-order chi connectivity index (χ0) is 33.1. The van der Waals surface area contributed by atoms with Crippen LogP contribution in [0.3, 0.4) is 0 Å². The molecule has 8 nitrogen and oxygen atoms in total. The van der Waals surface area contributed by atoms with E-state index < -0.39 is 34.0 Å². The fourth-order valence-electron chi connectivity index (χ4n) is 6.52. The van der Waals surface area contributed by atoms with E-state index >= 15 is 0 Å². The monoisotopic (exact) mass is 670 g/mol. The average molecular weight is 671 g/mol. The Morgan fingerprint density at radius 1 is 0.936 bits per heavy atom. The number of hydrogen-bond donors (Lipinski definition) is 0. The van der Waals surface area contributed by atoms with Crippen LogP contribution in [0.1, 0.15) is 59.8 Å². The van der Waals surface area contributed by atoms with Gasteiger partial charge in [0.05, 0.1) is 30.3 Å². The van der Waals surface area contributed by atoms with Crippen LogP contribution in [0.2, 0.25) is 0 Å². The molecule has 0 radical (unpaired) electrons. The van der Waals surface area contributed by atoms with E-state index in [4.69, 9.17) is 4.74 Å². The number of hydrogen-bond acceptors (Lipinski definition) is 6. The number of nitrogens with zero attached hydrogens (tertiary/aromatic N) is 4. The molecule has 1 saturated heterocycles. The highest BCUT2D eigenvalue weighted by Crippen LogP contribution is 2.35. The standard InChI is InChI=1S/C34H34F4N4O4S/c35-25-17-22(18-26(36)20-25)16-24(19-27(43)21-42-31-6-2-1-4-30(31)33(40-42)34(37)38)32-29(5-3-11-39-32)23-7-9-28(10-8-23)47(44,45)41-12-14-46-15-13-41/h3,5,7-11,17-18,20,24,34H,1-2,4,6,12-16,19,21H2/t24-/m1/s1. The number of fused-ring (bicyclic) bond motifs is 1. The minimum atomic E-state index is -3.73. The fraction of sp³-hybridized carbons (Fsp3) is 0.382. The van der Waals surface area contributed by atoms with Gasteiger partial charge in [0.25, 0.3) is 6.43 Å². The van der Waals surface area contributed by atoms with Crippen molar-refractivity contribution in [3.05, 3.63) is 101 Å². The highest BCUT2D eigenvalue weighted by Gasteiger charge is 2.29. The molecule has 1 aliphatic heterocycles. The normalized spacial score (nSPS) is 16.3. The summed E-state index contributed by atoms with van der Waals surface area (Å²) >= 11 is 0. The molecule has 1 aliphatic carbocycles. The van der Waals surface area contributed by atoms with Gasteiger partial charge >= 0.3 is 0 Å². The summed E-state index contributed by atoms with van der Waals surface area (Å²) in [5, 5.41) is 4.12. The summed E-state index contributed by atoms with van der Waals surface area (Å²) in [6, 6.07) is 13.0. The molecule has 0 N–H and O–H groups in total. The lowest BCUT2D eigenvalue weighted by atomic mass is 9.87. The second-order valence-electron chi connectivity index (χ2n) is 11.9. The van der Waals surface area contributed by atoms with Crippen molar-refractivity contribution in [1.82, 2.24) is 19.1 Å². The van der Waals surface area contributed by atoms with Crippen molar-refractivity contribution in [2.24, 2.45) is 0 Å². The van der Waals surface area contributed by atoms with Gasteiger partial charge in [-0.2, -0.15) is 9.40 Å². The van der Waals surface area contributed by atoms with Crippen molar-refractivity contribution in [1.29, 1.82) is 0 Å². The zero-order valence-corrected chi connectivity index (χ0v) is 26.4. The average Bonchev–Trinajstić information content (AvgIpc) is 3.43. The van der Waals surface area contributed by atoms with Crippen molar-refractivity contribution in [3.8, 4) is 11.1 Å². The van der Waals surface area contributed by atoms with E-state index in [1.165, 1.54) is 33.3 Å². The highest BCUT2D eigenvalue weighted by atomic mass is 32.2. The number of rotatable bonds is 11. The number of carbonyl (C=O) groups excluding carboxylic acids is 1. The lowest BCUT2D eigenvalue weighted by molar-refractivity contribution is -0.120. The number of sulfonamides is 1. The van der Waals surface area contributed by atoms with Gasteiger partial charge in [0.1, 0.15) is 17.3 Å². The Balaban J connectivity index is 1.31. The third-order valence-electron chi connectivity index (χ3n) is 8.70. The first-order valence-corrected chi connectivity index (χ1v) is 17.0. The van der Waals surface area contributed by atoms with Crippen molar-refractivity contribution in [2.75, 3.05) is 26.3 Å². The maximum Gasteiger partial charge on any atom is 0.282 e. The van der Waals surface area contributed by atoms with E-state index in [0.29, 0.717) is 59.7 Å². The van der Waals surface area contributed by atoms with E-state index in [0.717, 1.165) is 18.9 Å². The van der Waals surface area contributed by atoms with E-state index in [1.54, 1.807) is 30.5 Å². The van der Waals surface area contributed by atoms with Gasteiger partial charge in [-0.05, 0) is 73.6 Å². The van der Waals surface area contributed by atoms with Gasteiger partial charge in [0, 0.05) is 54.5 Å². The molecule has 0 bridgehead atoms. The topological polar surface area (TPSA) is 94.4 Å².